The Morgan fingerprint density at radius 1 is 1.37 bits per heavy atom. The average molecular weight is 262 g/mol. The van der Waals surface area contributed by atoms with Crippen LogP contribution in [0.5, 0.6) is 0 Å². The van der Waals surface area contributed by atoms with Gasteiger partial charge in [0.15, 0.2) is 0 Å². The topological polar surface area (TPSA) is 86.7 Å². The molecule has 6 heteroatoms. The summed E-state index contributed by atoms with van der Waals surface area (Å²) in [6, 6.07) is 6.50. The molecule has 0 radical (unpaired) electrons. The van der Waals surface area contributed by atoms with Crippen molar-refractivity contribution in [3.63, 3.8) is 0 Å². The van der Waals surface area contributed by atoms with Crippen molar-refractivity contribution in [2.24, 2.45) is 0 Å². The Morgan fingerprint density at radius 2 is 2.00 bits per heavy atom. The van der Waals surface area contributed by atoms with Crippen LogP contribution in [0, 0.1) is 6.92 Å². The van der Waals surface area contributed by atoms with Crippen LogP contribution < -0.4 is 5.32 Å². The first-order chi connectivity index (χ1) is 8.86. The fraction of sp³-hybridized carbons (Fsp3) is 0.308. The molecule has 2 rings (SSSR count). The number of nitrogens with zero attached hydrogens (tertiary/aromatic N) is 1. The summed E-state index contributed by atoms with van der Waals surface area (Å²) < 4.78 is 0. The van der Waals surface area contributed by atoms with Crippen molar-refractivity contribution in [1.29, 1.82) is 0 Å². The summed E-state index contributed by atoms with van der Waals surface area (Å²) in [4.78, 5) is 35.5. The van der Waals surface area contributed by atoms with Crippen molar-refractivity contribution in [3.05, 3.63) is 35.4 Å². The predicted octanol–water partition coefficient (Wildman–Crippen LogP) is 0.847. The fourth-order valence-corrected chi connectivity index (χ4v) is 2.29. The highest BCUT2D eigenvalue weighted by Crippen LogP contribution is 2.30. The molecule has 19 heavy (non-hydrogen) atoms. The smallest absolute Gasteiger partial charge is 0.325 e. The molecule has 1 fully saturated rings. The Bertz CT molecular complexity index is 570. The van der Waals surface area contributed by atoms with Gasteiger partial charge in [0.25, 0.3) is 5.91 Å². The highest BCUT2D eigenvalue weighted by molar-refractivity contribution is 6.08. The number of hydrogen-bond acceptors (Lipinski definition) is 3. The van der Waals surface area contributed by atoms with E-state index in [-0.39, 0.29) is 0 Å². The summed E-state index contributed by atoms with van der Waals surface area (Å²) >= 11 is 0. The van der Waals surface area contributed by atoms with E-state index in [1.807, 2.05) is 19.1 Å². The van der Waals surface area contributed by atoms with Crippen molar-refractivity contribution >= 4 is 17.9 Å². The number of amides is 3. The number of carboxylic acids is 1. The third-order valence-electron chi connectivity index (χ3n) is 3.25. The highest BCUT2D eigenvalue weighted by atomic mass is 16.4. The molecule has 1 atom stereocenters. The van der Waals surface area contributed by atoms with Gasteiger partial charge in [0.1, 0.15) is 12.1 Å². The van der Waals surface area contributed by atoms with E-state index < -0.39 is 30.0 Å². The van der Waals surface area contributed by atoms with Crippen molar-refractivity contribution in [1.82, 2.24) is 10.2 Å². The Balaban J connectivity index is 2.41. The maximum absolute atomic E-state index is 12.3. The van der Waals surface area contributed by atoms with Crippen LogP contribution in [0.4, 0.5) is 4.79 Å². The number of benzene rings is 1. The number of rotatable bonds is 3. The number of imide groups is 1. The lowest BCUT2D eigenvalue weighted by atomic mass is 9.88. The van der Waals surface area contributed by atoms with Gasteiger partial charge in [-0.15, -0.1) is 0 Å². The van der Waals surface area contributed by atoms with E-state index in [2.05, 4.69) is 5.32 Å². The third-order valence-corrected chi connectivity index (χ3v) is 3.25. The highest BCUT2D eigenvalue weighted by Gasteiger charge is 2.49. The van der Waals surface area contributed by atoms with Crippen LogP contribution in [-0.2, 0) is 15.1 Å². The zero-order valence-electron chi connectivity index (χ0n) is 10.6. The first-order valence-electron chi connectivity index (χ1n) is 5.78. The molecule has 6 nitrogen and oxygen atoms in total. The molecule has 0 aliphatic carbocycles. The second-order valence-electron chi connectivity index (χ2n) is 4.66. The zero-order chi connectivity index (χ0) is 14.2. The fourth-order valence-electron chi connectivity index (χ4n) is 2.29. The molecule has 0 spiro atoms. The number of aryl methyl sites for hydroxylation is 1. The van der Waals surface area contributed by atoms with E-state index in [9.17, 15) is 14.4 Å². The molecular weight excluding hydrogens is 248 g/mol. The SMILES string of the molecule is Cc1ccccc1C1(C)NC(=O)N(CC(=O)O)C1=O. The number of carbonyl (C=O) groups is 3. The van der Waals surface area contributed by atoms with Gasteiger partial charge in [0.2, 0.25) is 0 Å². The summed E-state index contributed by atoms with van der Waals surface area (Å²) in [5.41, 5.74) is 0.315. The van der Waals surface area contributed by atoms with Gasteiger partial charge in [-0.2, -0.15) is 0 Å². The molecular formula is C13H14N2O4. The van der Waals surface area contributed by atoms with Gasteiger partial charge in [-0.1, -0.05) is 24.3 Å². The molecule has 1 saturated heterocycles. The molecule has 3 amide bonds. The molecule has 100 valence electrons. The first kappa shape index (κ1) is 13.1. The van der Waals surface area contributed by atoms with Gasteiger partial charge in [-0.05, 0) is 25.0 Å². The van der Waals surface area contributed by atoms with Gasteiger partial charge in [0, 0.05) is 0 Å². The summed E-state index contributed by atoms with van der Waals surface area (Å²) in [5.74, 6) is -1.77. The van der Waals surface area contributed by atoms with Crippen LogP contribution in [0.25, 0.3) is 0 Å². The normalized spacial score (nSPS) is 22.5. The molecule has 0 saturated carbocycles. The number of carboxylic acid groups (broad SMARTS) is 1. The van der Waals surface area contributed by atoms with E-state index >= 15 is 0 Å². The third kappa shape index (κ3) is 2.05. The number of nitrogens with one attached hydrogen (secondary N) is 1. The Hall–Kier alpha value is -2.37. The summed E-state index contributed by atoms with van der Waals surface area (Å²) in [6.45, 7) is 2.78. The Morgan fingerprint density at radius 3 is 2.58 bits per heavy atom. The lowest BCUT2D eigenvalue weighted by molar-refractivity contribution is -0.142. The quantitative estimate of drug-likeness (QED) is 0.790. The second-order valence-corrected chi connectivity index (χ2v) is 4.66. The molecule has 1 heterocycles. The lowest BCUT2D eigenvalue weighted by Crippen LogP contribution is -2.42. The molecule has 1 aliphatic heterocycles. The van der Waals surface area contributed by atoms with Crippen molar-refractivity contribution in [2.45, 2.75) is 19.4 Å². The molecule has 0 bridgehead atoms. The van der Waals surface area contributed by atoms with Gasteiger partial charge in [-0.3, -0.25) is 14.5 Å². The average Bonchev–Trinajstić information content (AvgIpc) is 2.54. The van der Waals surface area contributed by atoms with Crippen molar-refractivity contribution in [3.8, 4) is 0 Å². The summed E-state index contributed by atoms with van der Waals surface area (Å²) in [6.07, 6.45) is 0. The van der Waals surface area contributed by atoms with E-state index in [1.165, 1.54) is 0 Å². The van der Waals surface area contributed by atoms with Crippen LogP contribution in [0.3, 0.4) is 0 Å². The zero-order valence-corrected chi connectivity index (χ0v) is 10.6. The molecule has 0 aromatic heterocycles. The second kappa shape index (κ2) is 4.38. The van der Waals surface area contributed by atoms with Crippen LogP contribution >= 0.6 is 0 Å². The maximum Gasteiger partial charge on any atom is 0.325 e. The lowest BCUT2D eigenvalue weighted by Gasteiger charge is -2.23. The number of hydrogen-bond donors (Lipinski definition) is 2. The minimum atomic E-state index is -1.22. The van der Waals surface area contributed by atoms with Crippen LogP contribution in [0.15, 0.2) is 24.3 Å². The maximum atomic E-state index is 12.3. The molecule has 1 unspecified atom stereocenters. The number of urea groups is 1. The monoisotopic (exact) mass is 262 g/mol. The van der Waals surface area contributed by atoms with Gasteiger partial charge >= 0.3 is 12.0 Å². The molecule has 1 aromatic carbocycles. The van der Waals surface area contributed by atoms with Crippen LogP contribution in [0.1, 0.15) is 18.1 Å². The molecule has 1 aliphatic rings. The van der Waals surface area contributed by atoms with E-state index in [4.69, 9.17) is 5.11 Å². The first-order valence-corrected chi connectivity index (χ1v) is 5.78. The standard InChI is InChI=1S/C13H14N2O4/c1-8-5-3-4-6-9(8)13(2)11(18)15(7-10(16)17)12(19)14-13/h3-6H,7H2,1-2H3,(H,14,19)(H,16,17). The largest absolute Gasteiger partial charge is 0.480 e. The van der Waals surface area contributed by atoms with E-state index in [0.29, 0.717) is 5.56 Å². The predicted molar refractivity (Wildman–Crippen MR) is 66.4 cm³/mol. The van der Waals surface area contributed by atoms with Gasteiger partial charge in [-0.25, -0.2) is 4.79 Å². The van der Waals surface area contributed by atoms with Crippen LogP contribution in [0.2, 0.25) is 0 Å². The van der Waals surface area contributed by atoms with Gasteiger partial charge < -0.3 is 10.4 Å². The van der Waals surface area contributed by atoms with Gasteiger partial charge in [0.05, 0.1) is 0 Å². The molecule has 2 N–H and O–H groups in total. The minimum Gasteiger partial charge on any atom is -0.480 e. The van der Waals surface area contributed by atoms with Crippen molar-refractivity contribution in [2.75, 3.05) is 6.54 Å². The van der Waals surface area contributed by atoms with E-state index in [0.717, 1.165) is 10.5 Å². The van der Waals surface area contributed by atoms with Crippen molar-refractivity contribution < 1.29 is 19.5 Å². The summed E-state index contributed by atoms with van der Waals surface area (Å²) in [7, 11) is 0. The van der Waals surface area contributed by atoms with E-state index in [1.54, 1.807) is 19.1 Å². The summed E-state index contributed by atoms with van der Waals surface area (Å²) in [5, 5.41) is 11.3. The number of aliphatic carboxylic acids is 1. The molecule has 1 aromatic rings. The number of carbonyl (C=O) groups excluding carboxylic acids is 2. The minimum absolute atomic E-state index is 0.547. The Kier molecular flexibility index (Phi) is 3.01. The Labute approximate surface area is 110 Å². The van der Waals surface area contributed by atoms with Crippen LogP contribution in [-0.4, -0.2) is 34.5 Å².